The van der Waals surface area contributed by atoms with E-state index in [2.05, 4.69) is 54.6 Å². The summed E-state index contributed by atoms with van der Waals surface area (Å²) in [5, 5.41) is 7.29. The number of nitrogens with one attached hydrogen (secondary N) is 2. The van der Waals surface area contributed by atoms with Gasteiger partial charge in [-0.05, 0) is 50.6 Å². The number of urea groups is 1. The zero-order valence-electron chi connectivity index (χ0n) is 17.2. The number of likely N-dealkylation sites (N-methyl/N-ethyl adjacent to an activating group) is 1. The highest BCUT2D eigenvalue weighted by Crippen LogP contribution is 2.40. The molecule has 0 bridgehead atoms. The number of carbonyl (C=O) groups is 1. The van der Waals surface area contributed by atoms with E-state index in [-0.39, 0.29) is 5.54 Å². The van der Waals surface area contributed by atoms with Crippen LogP contribution in [0.15, 0.2) is 47.6 Å². The molecule has 152 valence electrons. The second-order valence-electron chi connectivity index (χ2n) is 7.46. The van der Waals surface area contributed by atoms with Crippen LogP contribution in [0.1, 0.15) is 31.9 Å². The van der Waals surface area contributed by atoms with Gasteiger partial charge in [0.15, 0.2) is 0 Å². The van der Waals surface area contributed by atoms with Crippen molar-refractivity contribution in [3.05, 3.63) is 58.6 Å². The summed E-state index contributed by atoms with van der Waals surface area (Å²) in [5.74, 6) is 0.568. The van der Waals surface area contributed by atoms with Crippen LogP contribution >= 0.6 is 11.6 Å². The van der Waals surface area contributed by atoms with E-state index in [0.717, 1.165) is 16.8 Å². The summed E-state index contributed by atoms with van der Waals surface area (Å²) in [6.45, 7) is 6.40. The highest BCUT2D eigenvalue weighted by molar-refractivity contribution is 6.33. The minimum atomic E-state index is -0.475. The van der Waals surface area contributed by atoms with Gasteiger partial charge in [-0.2, -0.15) is 5.10 Å². The molecule has 0 atom stereocenters. The van der Waals surface area contributed by atoms with Crippen LogP contribution in [-0.2, 0) is 0 Å². The van der Waals surface area contributed by atoms with E-state index in [9.17, 15) is 4.79 Å². The maximum absolute atomic E-state index is 12.1. The number of methoxy groups -OCH3 is 1. The van der Waals surface area contributed by atoms with Crippen LogP contribution in [0.3, 0.4) is 0 Å². The highest BCUT2D eigenvalue weighted by Gasteiger charge is 2.29. The standard InChI is InChI=1S/C22H25ClN4O2/c1-14-12-22(2,3)27(4)19-11-17(23)15(10-16(14)19)13-24-26-21(28)25-18-8-6-7-9-20(18)29-5/h6-13H,1-5H3,(H2,25,26,28)/b24-13-. The van der Waals surface area contributed by atoms with Gasteiger partial charge in [0, 0.05) is 23.9 Å². The number of nitrogens with zero attached hydrogens (tertiary/aromatic N) is 2. The number of hydrazone groups is 1. The van der Waals surface area contributed by atoms with Crippen LogP contribution in [0.25, 0.3) is 5.57 Å². The van der Waals surface area contributed by atoms with E-state index >= 15 is 0 Å². The van der Waals surface area contributed by atoms with E-state index in [1.54, 1.807) is 19.2 Å². The quantitative estimate of drug-likeness (QED) is 0.540. The van der Waals surface area contributed by atoms with Gasteiger partial charge in [0.05, 0.1) is 29.6 Å². The van der Waals surface area contributed by atoms with Crippen molar-refractivity contribution < 1.29 is 9.53 Å². The number of benzene rings is 2. The Hall–Kier alpha value is -2.99. The number of para-hydroxylation sites is 2. The zero-order chi connectivity index (χ0) is 21.2. The van der Waals surface area contributed by atoms with Crippen LogP contribution in [-0.4, -0.2) is 31.9 Å². The third-order valence-corrected chi connectivity index (χ3v) is 5.39. The summed E-state index contributed by atoms with van der Waals surface area (Å²) in [5.41, 5.74) is 6.98. The first-order valence-corrected chi connectivity index (χ1v) is 9.61. The van der Waals surface area contributed by atoms with Crippen molar-refractivity contribution in [3.63, 3.8) is 0 Å². The number of fused-ring (bicyclic) bond motifs is 1. The van der Waals surface area contributed by atoms with Gasteiger partial charge in [-0.25, -0.2) is 10.2 Å². The topological polar surface area (TPSA) is 66.0 Å². The maximum atomic E-state index is 12.1. The monoisotopic (exact) mass is 412 g/mol. The average molecular weight is 413 g/mol. The fourth-order valence-corrected chi connectivity index (χ4v) is 3.55. The van der Waals surface area contributed by atoms with Gasteiger partial charge in [-0.3, -0.25) is 0 Å². The number of amides is 2. The summed E-state index contributed by atoms with van der Waals surface area (Å²) < 4.78 is 5.21. The third kappa shape index (κ3) is 4.38. The molecule has 0 unspecified atom stereocenters. The number of allylic oxidation sites excluding steroid dienone is 1. The Morgan fingerprint density at radius 1 is 1.28 bits per heavy atom. The molecular weight excluding hydrogens is 388 g/mol. The second-order valence-corrected chi connectivity index (χ2v) is 7.86. The Balaban J connectivity index is 1.75. The number of rotatable bonds is 4. The summed E-state index contributed by atoms with van der Waals surface area (Å²) in [6.07, 6.45) is 3.76. The summed E-state index contributed by atoms with van der Waals surface area (Å²) in [7, 11) is 3.60. The Kier molecular flexibility index (Phi) is 5.84. The molecule has 0 radical (unpaired) electrons. The van der Waals surface area contributed by atoms with Crippen LogP contribution in [0.4, 0.5) is 16.2 Å². The molecule has 6 nitrogen and oxygen atoms in total. The summed E-state index contributed by atoms with van der Waals surface area (Å²) in [4.78, 5) is 14.3. The molecule has 0 saturated carbocycles. The van der Waals surface area contributed by atoms with Crippen molar-refractivity contribution in [2.24, 2.45) is 5.10 Å². The fourth-order valence-electron chi connectivity index (χ4n) is 3.35. The lowest BCUT2D eigenvalue weighted by molar-refractivity contribution is 0.252. The van der Waals surface area contributed by atoms with E-state index in [1.165, 1.54) is 11.8 Å². The van der Waals surface area contributed by atoms with Crippen molar-refractivity contribution >= 4 is 40.8 Å². The lowest BCUT2D eigenvalue weighted by atomic mass is 9.88. The number of ether oxygens (including phenoxy) is 1. The predicted molar refractivity (Wildman–Crippen MR) is 120 cm³/mol. The first kappa shape index (κ1) is 20.7. The number of anilines is 2. The first-order chi connectivity index (χ1) is 13.7. The Morgan fingerprint density at radius 3 is 2.72 bits per heavy atom. The largest absolute Gasteiger partial charge is 0.495 e. The third-order valence-electron chi connectivity index (χ3n) is 5.06. The number of halogens is 1. The molecule has 0 aliphatic carbocycles. The molecule has 0 fully saturated rings. The van der Waals surface area contributed by atoms with Crippen molar-refractivity contribution in [3.8, 4) is 5.75 Å². The molecule has 0 saturated heterocycles. The number of hydrogen-bond acceptors (Lipinski definition) is 4. The van der Waals surface area contributed by atoms with Gasteiger partial charge in [0.1, 0.15) is 5.75 Å². The molecule has 2 amide bonds. The smallest absolute Gasteiger partial charge is 0.339 e. The molecule has 1 heterocycles. The number of hydrogen-bond donors (Lipinski definition) is 2. The van der Waals surface area contributed by atoms with Crippen LogP contribution in [0.2, 0.25) is 5.02 Å². The highest BCUT2D eigenvalue weighted by atomic mass is 35.5. The first-order valence-electron chi connectivity index (χ1n) is 9.23. The Morgan fingerprint density at radius 2 is 2.00 bits per heavy atom. The molecule has 1 aliphatic rings. The minimum Gasteiger partial charge on any atom is -0.495 e. The van der Waals surface area contributed by atoms with Gasteiger partial charge in [-0.1, -0.05) is 29.8 Å². The van der Waals surface area contributed by atoms with E-state index in [0.29, 0.717) is 16.5 Å². The van der Waals surface area contributed by atoms with Gasteiger partial charge in [0.2, 0.25) is 0 Å². The molecule has 1 aliphatic heterocycles. The van der Waals surface area contributed by atoms with Crippen molar-refractivity contribution in [1.82, 2.24) is 5.43 Å². The molecule has 29 heavy (non-hydrogen) atoms. The molecule has 0 spiro atoms. The van der Waals surface area contributed by atoms with Gasteiger partial charge in [0.25, 0.3) is 0 Å². The van der Waals surface area contributed by atoms with Crippen molar-refractivity contribution in [1.29, 1.82) is 0 Å². The lowest BCUT2D eigenvalue weighted by Gasteiger charge is -2.40. The molecule has 3 rings (SSSR count). The van der Waals surface area contributed by atoms with E-state index < -0.39 is 6.03 Å². The molecule has 0 aromatic heterocycles. The van der Waals surface area contributed by atoms with Gasteiger partial charge in [-0.15, -0.1) is 0 Å². The predicted octanol–water partition coefficient (Wildman–Crippen LogP) is 5.14. The van der Waals surface area contributed by atoms with E-state index in [4.69, 9.17) is 16.3 Å². The average Bonchev–Trinajstić information content (AvgIpc) is 2.67. The minimum absolute atomic E-state index is 0.0891. The van der Waals surface area contributed by atoms with Crippen LogP contribution in [0, 0.1) is 0 Å². The van der Waals surface area contributed by atoms with Crippen LogP contribution < -0.4 is 20.4 Å². The molecule has 7 heteroatoms. The SMILES string of the molecule is COc1ccccc1NC(=O)N/N=C\c1cc2c(cc1Cl)N(C)C(C)(C)C=C2C. The summed E-state index contributed by atoms with van der Waals surface area (Å²) >= 11 is 6.47. The normalized spacial score (nSPS) is 15.0. The van der Waals surface area contributed by atoms with Gasteiger partial charge >= 0.3 is 6.03 Å². The zero-order valence-corrected chi connectivity index (χ0v) is 18.0. The fraction of sp³-hybridized carbons (Fsp3) is 0.273. The van der Waals surface area contributed by atoms with Crippen LogP contribution in [0.5, 0.6) is 5.75 Å². The molecular formula is C22H25ClN4O2. The molecule has 2 aromatic carbocycles. The number of carbonyl (C=O) groups excluding carboxylic acids is 1. The lowest BCUT2D eigenvalue weighted by Crippen LogP contribution is -2.42. The van der Waals surface area contributed by atoms with Crippen molar-refractivity contribution in [2.45, 2.75) is 26.3 Å². The van der Waals surface area contributed by atoms with E-state index in [1.807, 2.05) is 24.3 Å². The Bertz CT molecular complexity index is 998. The summed E-state index contributed by atoms with van der Waals surface area (Å²) in [6, 6.07) is 10.6. The van der Waals surface area contributed by atoms with Crippen molar-refractivity contribution in [2.75, 3.05) is 24.4 Å². The molecule has 2 N–H and O–H groups in total. The molecule has 2 aromatic rings. The Labute approximate surface area is 176 Å². The van der Waals surface area contributed by atoms with Gasteiger partial charge < -0.3 is 15.0 Å². The maximum Gasteiger partial charge on any atom is 0.339 e. The second kappa shape index (κ2) is 8.17.